The first-order valence-corrected chi connectivity index (χ1v) is 3.35. The molecule has 4 heteroatoms. The summed E-state index contributed by atoms with van der Waals surface area (Å²) >= 11 is 0. The zero-order valence-corrected chi connectivity index (χ0v) is 6.43. The predicted octanol–water partition coefficient (Wildman–Crippen LogP) is 1.47. The van der Waals surface area contributed by atoms with Crippen molar-refractivity contribution in [3.05, 3.63) is 28.8 Å². The van der Waals surface area contributed by atoms with E-state index in [4.69, 9.17) is 10.2 Å². The summed E-state index contributed by atoms with van der Waals surface area (Å²) in [5, 5.41) is 17.4. The van der Waals surface area contributed by atoms with E-state index in [1.165, 1.54) is 6.92 Å². The number of benzene rings is 1. The lowest BCUT2D eigenvalue weighted by molar-refractivity contribution is 0.271. The van der Waals surface area contributed by atoms with Crippen LogP contribution in [0, 0.1) is 18.6 Å². The number of aromatic hydroxyl groups is 1. The highest BCUT2D eigenvalue weighted by atomic mass is 19.2. The summed E-state index contributed by atoms with van der Waals surface area (Å²) < 4.78 is 25.5. The van der Waals surface area contributed by atoms with Crippen LogP contribution in [0.2, 0.25) is 0 Å². The van der Waals surface area contributed by atoms with Crippen molar-refractivity contribution in [2.24, 2.45) is 0 Å². The average molecular weight is 174 g/mol. The van der Waals surface area contributed by atoms with Crippen molar-refractivity contribution in [1.82, 2.24) is 0 Å². The standard InChI is InChI=1S/C8H8F2O2/c1-4-2-6(12)8(10)7(9)5(4)3-11/h2,11-12H,3H2,1H3. The highest BCUT2D eigenvalue weighted by Crippen LogP contribution is 2.24. The third kappa shape index (κ3) is 1.25. The molecule has 0 radical (unpaired) electrons. The lowest BCUT2D eigenvalue weighted by Crippen LogP contribution is -1.97. The Bertz CT molecular complexity index is 310. The summed E-state index contributed by atoms with van der Waals surface area (Å²) in [6, 6.07) is 1.07. The van der Waals surface area contributed by atoms with Gasteiger partial charge < -0.3 is 10.2 Å². The lowest BCUT2D eigenvalue weighted by atomic mass is 10.1. The van der Waals surface area contributed by atoms with Gasteiger partial charge in [-0.1, -0.05) is 0 Å². The number of halogens is 2. The van der Waals surface area contributed by atoms with E-state index >= 15 is 0 Å². The number of phenols is 1. The topological polar surface area (TPSA) is 40.5 Å². The summed E-state index contributed by atoms with van der Waals surface area (Å²) in [5.41, 5.74) is 0.208. The van der Waals surface area contributed by atoms with Crippen LogP contribution in [-0.4, -0.2) is 10.2 Å². The molecule has 1 aromatic carbocycles. The fourth-order valence-corrected chi connectivity index (χ4v) is 0.968. The summed E-state index contributed by atoms with van der Waals surface area (Å²) in [7, 11) is 0. The molecule has 0 aliphatic heterocycles. The second-order valence-electron chi connectivity index (χ2n) is 2.48. The maximum absolute atomic E-state index is 12.8. The second-order valence-corrected chi connectivity index (χ2v) is 2.48. The van der Waals surface area contributed by atoms with Gasteiger partial charge in [0.05, 0.1) is 6.61 Å². The van der Waals surface area contributed by atoms with Gasteiger partial charge >= 0.3 is 0 Å². The molecule has 1 rings (SSSR count). The fraction of sp³-hybridized carbons (Fsp3) is 0.250. The molecule has 0 unspecified atom stereocenters. The molecule has 2 N–H and O–H groups in total. The molecule has 0 fully saturated rings. The molecule has 0 saturated carbocycles. The van der Waals surface area contributed by atoms with Crippen LogP contribution >= 0.6 is 0 Å². The molecule has 1 aromatic rings. The van der Waals surface area contributed by atoms with Gasteiger partial charge in [0.15, 0.2) is 11.6 Å². The number of aliphatic hydroxyl groups excluding tert-OH is 1. The first-order valence-electron chi connectivity index (χ1n) is 3.35. The summed E-state index contributed by atoms with van der Waals surface area (Å²) in [4.78, 5) is 0. The number of hydrogen-bond donors (Lipinski definition) is 2. The van der Waals surface area contributed by atoms with E-state index in [1.807, 2.05) is 0 Å². The molecule has 12 heavy (non-hydrogen) atoms. The van der Waals surface area contributed by atoms with Crippen LogP contribution in [-0.2, 0) is 6.61 Å². The highest BCUT2D eigenvalue weighted by Gasteiger charge is 2.14. The van der Waals surface area contributed by atoms with Crippen LogP contribution in [0.15, 0.2) is 6.07 Å². The second kappa shape index (κ2) is 3.06. The predicted molar refractivity (Wildman–Crippen MR) is 38.7 cm³/mol. The van der Waals surface area contributed by atoms with Gasteiger partial charge in [0.1, 0.15) is 0 Å². The molecule has 0 amide bonds. The van der Waals surface area contributed by atoms with Crippen molar-refractivity contribution < 1.29 is 19.0 Å². The van der Waals surface area contributed by atoms with Gasteiger partial charge in [0.25, 0.3) is 0 Å². The zero-order chi connectivity index (χ0) is 9.30. The van der Waals surface area contributed by atoms with Gasteiger partial charge in [0.2, 0.25) is 5.82 Å². The van der Waals surface area contributed by atoms with Crippen LogP contribution in [0.5, 0.6) is 5.75 Å². The minimum atomic E-state index is -1.32. The van der Waals surface area contributed by atoms with Gasteiger partial charge in [-0.15, -0.1) is 0 Å². The van der Waals surface area contributed by atoms with E-state index < -0.39 is 24.0 Å². The quantitative estimate of drug-likeness (QED) is 0.676. The van der Waals surface area contributed by atoms with Crippen molar-refractivity contribution >= 4 is 0 Å². The van der Waals surface area contributed by atoms with Crippen molar-refractivity contribution in [3.8, 4) is 5.75 Å². The Morgan fingerprint density at radius 3 is 2.42 bits per heavy atom. The maximum Gasteiger partial charge on any atom is 0.200 e. The fourth-order valence-electron chi connectivity index (χ4n) is 0.968. The molecule has 0 aromatic heterocycles. The van der Waals surface area contributed by atoms with Crippen molar-refractivity contribution in [3.63, 3.8) is 0 Å². The first-order chi connectivity index (χ1) is 5.57. The van der Waals surface area contributed by atoms with Crippen molar-refractivity contribution in [2.75, 3.05) is 0 Å². The number of aliphatic hydroxyl groups is 1. The Morgan fingerprint density at radius 1 is 1.33 bits per heavy atom. The number of rotatable bonds is 1. The molecule has 0 aliphatic rings. The molecular formula is C8H8F2O2. The highest BCUT2D eigenvalue weighted by molar-refractivity contribution is 5.36. The van der Waals surface area contributed by atoms with Gasteiger partial charge in [-0.2, -0.15) is 4.39 Å². The molecule has 0 saturated heterocycles. The molecule has 0 bridgehead atoms. The molecule has 66 valence electrons. The monoisotopic (exact) mass is 174 g/mol. The average Bonchev–Trinajstić information content (AvgIpc) is 2.01. The third-order valence-electron chi connectivity index (χ3n) is 1.67. The Labute approximate surface area is 68.1 Å². The number of hydrogen-bond acceptors (Lipinski definition) is 2. The molecular weight excluding hydrogens is 166 g/mol. The number of aryl methyl sites for hydroxylation is 1. The number of phenolic OH excluding ortho intramolecular Hbond substituents is 1. The summed E-state index contributed by atoms with van der Waals surface area (Å²) in [5.74, 6) is -3.23. The lowest BCUT2D eigenvalue weighted by Gasteiger charge is -2.05. The molecule has 0 aliphatic carbocycles. The van der Waals surface area contributed by atoms with E-state index in [-0.39, 0.29) is 5.56 Å². The van der Waals surface area contributed by atoms with E-state index in [9.17, 15) is 8.78 Å². The van der Waals surface area contributed by atoms with Crippen LogP contribution in [0.4, 0.5) is 8.78 Å². The van der Waals surface area contributed by atoms with Crippen LogP contribution in [0.25, 0.3) is 0 Å². The van der Waals surface area contributed by atoms with E-state index in [0.29, 0.717) is 5.56 Å². The third-order valence-corrected chi connectivity index (χ3v) is 1.67. The van der Waals surface area contributed by atoms with Gasteiger partial charge in [-0.25, -0.2) is 4.39 Å². The minimum Gasteiger partial charge on any atom is -0.505 e. The Hall–Kier alpha value is -1.16. The van der Waals surface area contributed by atoms with Crippen molar-refractivity contribution in [2.45, 2.75) is 13.5 Å². The van der Waals surface area contributed by atoms with Gasteiger partial charge in [0, 0.05) is 5.56 Å². The Balaban J connectivity index is 3.40. The van der Waals surface area contributed by atoms with Crippen LogP contribution in [0.3, 0.4) is 0 Å². The molecule has 0 atom stereocenters. The molecule has 2 nitrogen and oxygen atoms in total. The first kappa shape index (κ1) is 8.93. The summed E-state index contributed by atoms with van der Waals surface area (Å²) in [6.07, 6.45) is 0. The summed E-state index contributed by atoms with van der Waals surface area (Å²) in [6.45, 7) is 0.905. The van der Waals surface area contributed by atoms with Crippen LogP contribution in [0.1, 0.15) is 11.1 Å². The largest absolute Gasteiger partial charge is 0.505 e. The molecule has 0 heterocycles. The SMILES string of the molecule is Cc1cc(O)c(F)c(F)c1CO. The van der Waals surface area contributed by atoms with E-state index in [1.54, 1.807) is 0 Å². The zero-order valence-electron chi connectivity index (χ0n) is 6.43. The maximum atomic E-state index is 12.8. The minimum absolute atomic E-state index is 0.120. The van der Waals surface area contributed by atoms with E-state index in [2.05, 4.69) is 0 Å². The van der Waals surface area contributed by atoms with Gasteiger partial charge in [-0.3, -0.25) is 0 Å². The Morgan fingerprint density at radius 2 is 1.92 bits per heavy atom. The van der Waals surface area contributed by atoms with Gasteiger partial charge in [-0.05, 0) is 18.6 Å². The van der Waals surface area contributed by atoms with E-state index in [0.717, 1.165) is 6.07 Å². The van der Waals surface area contributed by atoms with Crippen LogP contribution < -0.4 is 0 Å². The molecule has 0 spiro atoms. The van der Waals surface area contributed by atoms with Crippen molar-refractivity contribution in [1.29, 1.82) is 0 Å². The normalized spacial score (nSPS) is 10.3. The smallest absolute Gasteiger partial charge is 0.200 e. The Kier molecular flexibility index (Phi) is 2.28.